The second-order valence-corrected chi connectivity index (χ2v) is 8.97. The van der Waals surface area contributed by atoms with Crippen LogP contribution in [-0.2, 0) is 19.0 Å². The third-order valence-corrected chi connectivity index (χ3v) is 7.14. The predicted octanol–water partition coefficient (Wildman–Crippen LogP) is 8.59. The van der Waals surface area contributed by atoms with E-state index in [0.717, 1.165) is 24.3 Å². The molecule has 0 aliphatic heterocycles. The van der Waals surface area contributed by atoms with Gasteiger partial charge in [0, 0.05) is 0 Å². The molecule has 1 aliphatic carbocycles. The van der Waals surface area contributed by atoms with Crippen LogP contribution >= 0.6 is 0 Å². The van der Waals surface area contributed by atoms with Crippen LogP contribution in [0.5, 0.6) is 0 Å². The van der Waals surface area contributed by atoms with Gasteiger partial charge in [-0.05, 0) is 72.3 Å². The van der Waals surface area contributed by atoms with Gasteiger partial charge in [0.25, 0.3) is 0 Å². The molecule has 2 aromatic carbocycles. The Morgan fingerprint density at radius 3 is 2.30 bits per heavy atom. The lowest BCUT2D eigenvalue weighted by Gasteiger charge is -2.34. The number of rotatable bonds is 9. The van der Waals surface area contributed by atoms with Gasteiger partial charge < -0.3 is 0 Å². The summed E-state index contributed by atoms with van der Waals surface area (Å²) in [5.41, 5.74) is 3.27. The lowest BCUT2D eigenvalue weighted by Crippen LogP contribution is -2.23. The summed E-state index contributed by atoms with van der Waals surface area (Å²) in [5, 5.41) is 0. The fourth-order valence-electron chi connectivity index (χ4n) is 5.16. The van der Waals surface area contributed by atoms with Crippen molar-refractivity contribution < 1.29 is 13.2 Å². The molecule has 1 unspecified atom stereocenters. The molecule has 0 bridgehead atoms. The Bertz CT molecular complexity index is 771. The average Bonchev–Trinajstić information content (AvgIpc) is 2.75. The molecule has 2 aromatic rings. The van der Waals surface area contributed by atoms with E-state index in [0.29, 0.717) is 11.8 Å². The molecule has 3 rings (SSSR count). The van der Waals surface area contributed by atoms with Crippen molar-refractivity contribution in [2.75, 3.05) is 0 Å². The molecule has 0 heterocycles. The molecule has 0 amide bonds. The average molecular weight is 417 g/mol. The summed E-state index contributed by atoms with van der Waals surface area (Å²) in [5.74, 6) is 1.86. The molecule has 0 saturated carbocycles. The maximum absolute atomic E-state index is 12.9. The quantitative estimate of drug-likeness (QED) is 0.359. The molecule has 1 aliphatic rings. The molecular weight excluding hydrogens is 381 g/mol. The second kappa shape index (κ2) is 10.5. The molecule has 2 atom stereocenters. The molecule has 164 valence electrons. The van der Waals surface area contributed by atoms with Gasteiger partial charge in [0.05, 0.1) is 5.56 Å². The van der Waals surface area contributed by atoms with Crippen molar-refractivity contribution in [1.82, 2.24) is 0 Å². The number of alkyl halides is 3. The van der Waals surface area contributed by atoms with E-state index in [4.69, 9.17) is 0 Å². The summed E-state index contributed by atoms with van der Waals surface area (Å²) in [6.45, 7) is 4.57. The number of hydrogen-bond acceptors (Lipinski definition) is 0. The summed E-state index contributed by atoms with van der Waals surface area (Å²) in [6.07, 6.45) is 6.49. The monoisotopic (exact) mass is 416 g/mol. The molecule has 0 fully saturated rings. The smallest absolute Gasteiger partial charge is 0.166 e. The van der Waals surface area contributed by atoms with Gasteiger partial charge in [0.15, 0.2) is 0 Å². The van der Waals surface area contributed by atoms with Crippen LogP contribution in [0.3, 0.4) is 0 Å². The van der Waals surface area contributed by atoms with E-state index in [2.05, 4.69) is 38.1 Å². The van der Waals surface area contributed by atoms with E-state index >= 15 is 0 Å². The molecular formula is C27H35F3. The normalized spacial score (nSPS) is 19.1. The summed E-state index contributed by atoms with van der Waals surface area (Å²) < 4.78 is 38.8. The summed E-state index contributed by atoms with van der Waals surface area (Å²) in [6, 6.07) is 14.5. The van der Waals surface area contributed by atoms with Crippen molar-refractivity contribution in [1.29, 1.82) is 0 Å². The van der Waals surface area contributed by atoms with Gasteiger partial charge in [0.1, 0.15) is 0 Å². The zero-order valence-electron chi connectivity index (χ0n) is 18.3. The Hall–Kier alpha value is -1.77. The number of unbranched alkanes of at least 4 members (excludes halogenated alkanes) is 1. The van der Waals surface area contributed by atoms with E-state index in [1.165, 1.54) is 68.2 Å². The predicted molar refractivity (Wildman–Crippen MR) is 119 cm³/mol. The maximum atomic E-state index is 12.9. The van der Waals surface area contributed by atoms with Gasteiger partial charge in [-0.2, -0.15) is 13.2 Å². The lowest BCUT2D eigenvalue weighted by atomic mass is 9.70. The van der Waals surface area contributed by atoms with Gasteiger partial charge in [-0.15, -0.1) is 0 Å². The Morgan fingerprint density at radius 1 is 0.933 bits per heavy atom. The molecule has 0 saturated heterocycles. The van der Waals surface area contributed by atoms with E-state index in [-0.39, 0.29) is 0 Å². The first-order chi connectivity index (χ1) is 14.4. The molecule has 3 heteroatoms. The van der Waals surface area contributed by atoms with E-state index in [9.17, 15) is 13.2 Å². The van der Waals surface area contributed by atoms with Crippen molar-refractivity contribution in [2.24, 2.45) is 11.8 Å². The van der Waals surface area contributed by atoms with Crippen LogP contribution in [0.2, 0.25) is 0 Å². The van der Waals surface area contributed by atoms with Crippen LogP contribution < -0.4 is 0 Å². The fourth-order valence-corrected chi connectivity index (χ4v) is 5.16. The van der Waals surface area contributed by atoms with Crippen LogP contribution in [0.25, 0.3) is 0 Å². The van der Waals surface area contributed by atoms with E-state index in [1.807, 2.05) is 0 Å². The first-order valence-corrected chi connectivity index (χ1v) is 11.7. The largest absolute Gasteiger partial charge is 0.416 e. The number of benzene rings is 2. The fraction of sp³-hybridized carbons (Fsp3) is 0.556. The van der Waals surface area contributed by atoms with Crippen LogP contribution in [0, 0.1) is 11.8 Å². The Morgan fingerprint density at radius 2 is 1.63 bits per heavy atom. The Labute approximate surface area is 179 Å². The number of aryl methyl sites for hydroxylation is 1. The van der Waals surface area contributed by atoms with Crippen LogP contribution in [-0.4, -0.2) is 0 Å². The minimum absolute atomic E-state index is 0.403. The molecule has 0 nitrogen and oxygen atoms in total. The lowest BCUT2D eigenvalue weighted by molar-refractivity contribution is -0.137. The molecule has 0 aromatic heterocycles. The first-order valence-electron chi connectivity index (χ1n) is 11.7. The third kappa shape index (κ3) is 5.89. The zero-order valence-corrected chi connectivity index (χ0v) is 18.3. The van der Waals surface area contributed by atoms with Gasteiger partial charge in [0.2, 0.25) is 0 Å². The zero-order chi connectivity index (χ0) is 21.6. The minimum atomic E-state index is -4.27. The highest BCUT2D eigenvalue weighted by Gasteiger charge is 2.31. The van der Waals surface area contributed by atoms with Crippen molar-refractivity contribution in [2.45, 2.75) is 83.7 Å². The number of fused-ring (bicyclic) bond motifs is 1. The van der Waals surface area contributed by atoms with Crippen molar-refractivity contribution >= 4 is 0 Å². The van der Waals surface area contributed by atoms with Crippen LogP contribution in [0.1, 0.15) is 87.0 Å². The SMILES string of the molecule is CCC(CC)CCCCC1CCc2ccccc2[C@@H]1Cc1ccc(C(F)(F)F)cc1. The first kappa shape index (κ1) is 22.9. The van der Waals surface area contributed by atoms with Gasteiger partial charge in [-0.25, -0.2) is 0 Å². The Kier molecular flexibility index (Phi) is 8.02. The number of hydrogen-bond donors (Lipinski definition) is 0. The summed E-state index contributed by atoms with van der Waals surface area (Å²) >= 11 is 0. The molecule has 0 radical (unpaired) electrons. The highest BCUT2D eigenvalue weighted by molar-refractivity contribution is 5.35. The molecule has 0 N–H and O–H groups in total. The Balaban J connectivity index is 1.70. The van der Waals surface area contributed by atoms with Gasteiger partial charge >= 0.3 is 6.18 Å². The van der Waals surface area contributed by atoms with Gasteiger partial charge in [-0.1, -0.05) is 82.3 Å². The highest BCUT2D eigenvalue weighted by Crippen LogP contribution is 2.41. The summed E-state index contributed by atoms with van der Waals surface area (Å²) in [4.78, 5) is 0. The third-order valence-electron chi connectivity index (χ3n) is 7.14. The maximum Gasteiger partial charge on any atom is 0.416 e. The van der Waals surface area contributed by atoms with Gasteiger partial charge in [-0.3, -0.25) is 0 Å². The standard InChI is InChI=1S/C27H35F3/c1-3-20(4-2)9-5-6-11-23-16-15-22-10-7-8-12-25(22)26(23)19-21-13-17-24(18-14-21)27(28,29)30/h7-8,10,12-14,17-18,20,23,26H,3-6,9,11,15-16,19H2,1-2H3/t23?,26-/m1/s1. The second-order valence-electron chi connectivity index (χ2n) is 8.97. The van der Waals surface area contributed by atoms with Crippen molar-refractivity contribution in [3.63, 3.8) is 0 Å². The van der Waals surface area contributed by atoms with Crippen molar-refractivity contribution in [3.05, 3.63) is 70.8 Å². The van der Waals surface area contributed by atoms with Crippen LogP contribution in [0.15, 0.2) is 48.5 Å². The van der Waals surface area contributed by atoms with E-state index < -0.39 is 11.7 Å². The highest BCUT2D eigenvalue weighted by atomic mass is 19.4. The summed E-state index contributed by atoms with van der Waals surface area (Å²) in [7, 11) is 0. The van der Waals surface area contributed by atoms with Crippen LogP contribution in [0.4, 0.5) is 13.2 Å². The minimum Gasteiger partial charge on any atom is -0.166 e. The molecule has 30 heavy (non-hydrogen) atoms. The van der Waals surface area contributed by atoms with Crippen molar-refractivity contribution in [3.8, 4) is 0 Å². The topological polar surface area (TPSA) is 0 Å². The molecule has 0 spiro atoms. The van der Waals surface area contributed by atoms with E-state index in [1.54, 1.807) is 12.1 Å². The number of halogens is 3.